The predicted molar refractivity (Wildman–Crippen MR) is 96.3 cm³/mol. The van der Waals surface area contributed by atoms with Gasteiger partial charge in [-0.1, -0.05) is 0 Å². The number of rotatable bonds is 4. The van der Waals surface area contributed by atoms with E-state index >= 15 is 0 Å². The van der Waals surface area contributed by atoms with Gasteiger partial charge in [0.15, 0.2) is 12.4 Å². The molecule has 0 saturated heterocycles. The third kappa shape index (κ3) is 2.84. The summed E-state index contributed by atoms with van der Waals surface area (Å²) in [6, 6.07) is 6.08. The monoisotopic (exact) mass is 401 g/mol. The Balaban J connectivity index is 2.00. The van der Waals surface area contributed by atoms with Gasteiger partial charge >= 0.3 is 0 Å². The van der Waals surface area contributed by atoms with E-state index in [1.165, 1.54) is 31.8 Å². The molecule has 0 bridgehead atoms. The Morgan fingerprint density at radius 3 is 2.62 bits per heavy atom. The molecule has 0 fully saturated rings. The van der Waals surface area contributed by atoms with E-state index in [-0.39, 0.29) is 22.8 Å². The molecule has 0 aliphatic carbocycles. The molecule has 0 radical (unpaired) electrons. The van der Waals surface area contributed by atoms with Crippen molar-refractivity contribution in [2.75, 3.05) is 7.05 Å². The molecule has 1 aliphatic heterocycles. The fourth-order valence-electron chi connectivity index (χ4n) is 3.22. The van der Waals surface area contributed by atoms with Crippen LogP contribution in [-0.2, 0) is 10.3 Å². The molecule has 1 atom stereocenters. The maximum absolute atomic E-state index is 15.0. The van der Waals surface area contributed by atoms with Gasteiger partial charge in [-0.15, -0.1) is 0 Å². The van der Waals surface area contributed by atoms with Crippen LogP contribution in [-0.4, -0.2) is 33.8 Å². The molecule has 7 nitrogen and oxygen atoms in total. The molecule has 2 aromatic heterocycles. The van der Waals surface area contributed by atoms with Gasteiger partial charge in [0.05, 0.1) is 5.69 Å². The largest absolute Gasteiger partial charge is 0.451 e. The summed E-state index contributed by atoms with van der Waals surface area (Å²) in [4.78, 5) is 26.5. The molecule has 3 aromatic rings. The van der Waals surface area contributed by atoms with E-state index in [4.69, 9.17) is 10.2 Å². The van der Waals surface area contributed by atoms with Crippen LogP contribution in [0.3, 0.4) is 0 Å². The van der Waals surface area contributed by atoms with Crippen LogP contribution in [0.2, 0.25) is 0 Å². The standard InChI is InChI=1S/C19H14F3N5O2/c1-27-17(28)19(26-18(27)23,15-7-11(16(21)22)4-5-24-15)12-6-10(2-3-13(12)20)14-8-29-9-25-14/h2-9,16H,1H3,(H2,23,26). The first kappa shape index (κ1) is 18.7. The number of halogens is 3. The molecule has 0 saturated carbocycles. The summed E-state index contributed by atoms with van der Waals surface area (Å²) in [5, 5.41) is 0. The molecule has 1 aromatic carbocycles. The van der Waals surface area contributed by atoms with Crippen molar-refractivity contribution in [2.45, 2.75) is 12.0 Å². The molecular weight excluding hydrogens is 387 g/mol. The summed E-state index contributed by atoms with van der Waals surface area (Å²) in [5.74, 6) is -1.68. The average molecular weight is 401 g/mol. The zero-order valence-electron chi connectivity index (χ0n) is 15.0. The number of amides is 1. The molecule has 1 amide bonds. The number of guanidine groups is 1. The second-order valence-corrected chi connectivity index (χ2v) is 6.39. The minimum atomic E-state index is -2.81. The minimum Gasteiger partial charge on any atom is -0.451 e. The molecular formula is C19H14F3N5O2. The lowest BCUT2D eigenvalue weighted by Gasteiger charge is -2.26. The second kappa shape index (κ2) is 6.73. The Hall–Kier alpha value is -3.69. The average Bonchev–Trinajstić information content (AvgIpc) is 3.33. The number of hydrogen-bond donors (Lipinski definition) is 1. The Labute approximate surface area is 162 Å². The molecule has 4 rings (SSSR count). The summed E-state index contributed by atoms with van der Waals surface area (Å²) in [5.41, 5.74) is 3.89. The number of aromatic nitrogens is 2. The normalized spacial score (nSPS) is 19.1. The fraction of sp³-hybridized carbons (Fsp3) is 0.158. The van der Waals surface area contributed by atoms with E-state index in [9.17, 15) is 18.0 Å². The van der Waals surface area contributed by atoms with Crippen LogP contribution in [0.4, 0.5) is 13.2 Å². The van der Waals surface area contributed by atoms with Crippen molar-refractivity contribution in [3.05, 3.63) is 71.8 Å². The van der Waals surface area contributed by atoms with Gasteiger partial charge in [0.2, 0.25) is 5.54 Å². The zero-order valence-corrected chi connectivity index (χ0v) is 15.0. The summed E-state index contributed by atoms with van der Waals surface area (Å²) >= 11 is 0. The van der Waals surface area contributed by atoms with Gasteiger partial charge in [-0.05, 0) is 30.3 Å². The number of oxazole rings is 1. The third-order valence-electron chi connectivity index (χ3n) is 4.73. The van der Waals surface area contributed by atoms with Crippen molar-refractivity contribution in [3.63, 3.8) is 0 Å². The topological polar surface area (TPSA) is 97.6 Å². The fourth-order valence-corrected chi connectivity index (χ4v) is 3.22. The van der Waals surface area contributed by atoms with Crippen LogP contribution in [0.5, 0.6) is 0 Å². The third-order valence-corrected chi connectivity index (χ3v) is 4.73. The minimum absolute atomic E-state index is 0.163. The number of likely N-dealkylation sites (N-methyl/N-ethyl adjacent to an activating group) is 1. The smallest absolute Gasteiger partial charge is 0.268 e. The van der Waals surface area contributed by atoms with Crippen LogP contribution in [0, 0.1) is 5.82 Å². The first-order valence-corrected chi connectivity index (χ1v) is 8.41. The lowest BCUT2D eigenvalue weighted by molar-refractivity contribution is -0.129. The van der Waals surface area contributed by atoms with E-state index in [1.54, 1.807) is 0 Å². The Kier molecular flexibility index (Phi) is 4.33. The quantitative estimate of drug-likeness (QED) is 0.725. The first-order valence-electron chi connectivity index (χ1n) is 8.41. The molecule has 3 heterocycles. The van der Waals surface area contributed by atoms with Crippen molar-refractivity contribution in [2.24, 2.45) is 10.7 Å². The maximum atomic E-state index is 15.0. The van der Waals surface area contributed by atoms with Crippen molar-refractivity contribution in [1.82, 2.24) is 14.9 Å². The van der Waals surface area contributed by atoms with Crippen molar-refractivity contribution in [1.29, 1.82) is 0 Å². The molecule has 148 valence electrons. The van der Waals surface area contributed by atoms with Gasteiger partial charge in [-0.3, -0.25) is 14.7 Å². The van der Waals surface area contributed by atoms with Gasteiger partial charge in [0, 0.05) is 29.9 Å². The first-order chi connectivity index (χ1) is 13.8. The van der Waals surface area contributed by atoms with E-state index in [1.807, 2.05) is 0 Å². The van der Waals surface area contributed by atoms with Crippen LogP contribution >= 0.6 is 0 Å². The van der Waals surface area contributed by atoms with Gasteiger partial charge < -0.3 is 10.2 Å². The van der Waals surface area contributed by atoms with Crippen molar-refractivity contribution in [3.8, 4) is 11.3 Å². The Bertz CT molecular complexity index is 1120. The summed E-state index contributed by atoms with van der Waals surface area (Å²) in [6.45, 7) is 0. The van der Waals surface area contributed by atoms with Crippen molar-refractivity contribution < 1.29 is 22.4 Å². The Morgan fingerprint density at radius 1 is 1.21 bits per heavy atom. The van der Waals surface area contributed by atoms with E-state index in [2.05, 4.69) is 15.0 Å². The highest BCUT2D eigenvalue weighted by atomic mass is 19.3. The SMILES string of the molecule is CN1C(=O)C(c2cc(C(F)F)ccn2)(c2cc(-c3cocn3)ccc2F)N=C1N. The van der Waals surface area contributed by atoms with Gasteiger partial charge in [0.25, 0.3) is 12.3 Å². The van der Waals surface area contributed by atoms with Crippen LogP contribution in [0.15, 0.2) is 58.6 Å². The molecule has 29 heavy (non-hydrogen) atoms. The number of benzene rings is 1. The highest BCUT2D eigenvalue weighted by molar-refractivity contribution is 6.08. The van der Waals surface area contributed by atoms with Gasteiger partial charge in [-0.25, -0.2) is 23.1 Å². The van der Waals surface area contributed by atoms with E-state index in [0.717, 1.165) is 29.3 Å². The maximum Gasteiger partial charge on any atom is 0.268 e. The lowest BCUT2D eigenvalue weighted by atomic mass is 9.84. The van der Waals surface area contributed by atoms with Crippen LogP contribution in [0.1, 0.15) is 23.2 Å². The number of pyridine rings is 1. The molecule has 1 aliphatic rings. The Morgan fingerprint density at radius 2 is 2.00 bits per heavy atom. The number of carbonyl (C=O) groups is 1. The number of alkyl halides is 2. The highest BCUT2D eigenvalue weighted by Gasteiger charge is 2.52. The second-order valence-electron chi connectivity index (χ2n) is 6.39. The summed E-state index contributed by atoms with van der Waals surface area (Å²) < 4.78 is 46.5. The molecule has 1 unspecified atom stereocenters. The van der Waals surface area contributed by atoms with E-state index < -0.39 is 23.7 Å². The lowest BCUT2D eigenvalue weighted by Crippen LogP contribution is -2.42. The number of aliphatic imine (C=N–C) groups is 1. The van der Waals surface area contributed by atoms with Crippen molar-refractivity contribution >= 4 is 11.9 Å². The van der Waals surface area contributed by atoms with Crippen LogP contribution < -0.4 is 5.73 Å². The number of hydrogen-bond acceptors (Lipinski definition) is 6. The van der Waals surface area contributed by atoms with Crippen LogP contribution in [0.25, 0.3) is 11.3 Å². The highest BCUT2D eigenvalue weighted by Crippen LogP contribution is 2.41. The van der Waals surface area contributed by atoms with Gasteiger partial charge in [-0.2, -0.15) is 0 Å². The summed E-state index contributed by atoms with van der Waals surface area (Å²) in [7, 11) is 1.36. The zero-order chi connectivity index (χ0) is 20.8. The number of carbonyl (C=O) groups excluding carboxylic acids is 1. The van der Waals surface area contributed by atoms with E-state index in [0.29, 0.717) is 11.3 Å². The molecule has 2 N–H and O–H groups in total. The predicted octanol–water partition coefficient (Wildman–Crippen LogP) is 2.84. The molecule has 0 spiro atoms. The number of nitrogens with zero attached hydrogens (tertiary/aromatic N) is 4. The van der Waals surface area contributed by atoms with Gasteiger partial charge in [0.1, 0.15) is 17.8 Å². The number of nitrogens with two attached hydrogens (primary N) is 1. The molecule has 10 heteroatoms. The summed E-state index contributed by atoms with van der Waals surface area (Å²) in [6.07, 6.45) is 0.858.